The van der Waals surface area contributed by atoms with Crippen molar-refractivity contribution in [1.29, 1.82) is 0 Å². The van der Waals surface area contributed by atoms with Crippen molar-refractivity contribution >= 4 is 10.1 Å². The Hall–Kier alpha value is -0.910. The van der Waals surface area contributed by atoms with Gasteiger partial charge < -0.3 is 9.04 Å². The summed E-state index contributed by atoms with van der Waals surface area (Å²) in [4.78, 5) is 0. The normalized spacial score (nSPS) is 11.8. The molecule has 0 radical (unpaired) electrons. The van der Waals surface area contributed by atoms with Crippen molar-refractivity contribution in [3.05, 3.63) is 35.9 Å². The summed E-state index contributed by atoms with van der Waals surface area (Å²) >= 11 is 0. The van der Waals surface area contributed by atoms with Crippen LogP contribution in [0.1, 0.15) is 109 Å². The van der Waals surface area contributed by atoms with Crippen molar-refractivity contribution in [1.82, 2.24) is 0 Å². The number of hydrogen-bond acceptors (Lipinski definition) is 3. The number of nitrogens with zero attached hydrogens (tertiary/aromatic N) is 1. The Labute approximate surface area is 200 Å². The van der Waals surface area contributed by atoms with Crippen LogP contribution in [0.15, 0.2) is 30.3 Å². The van der Waals surface area contributed by atoms with Crippen LogP contribution < -0.4 is 0 Å². The summed E-state index contributed by atoms with van der Waals surface area (Å²) in [5, 5.41) is 0. The van der Waals surface area contributed by atoms with E-state index in [9.17, 15) is 13.0 Å². The first kappa shape index (κ1) is 31.1. The van der Waals surface area contributed by atoms with Gasteiger partial charge in [0.05, 0.1) is 43.1 Å². The van der Waals surface area contributed by atoms with Gasteiger partial charge in [0.1, 0.15) is 0 Å². The van der Waals surface area contributed by atoms with Gasteiger partial charge >= 0.3 is 0 Å². The first-order chi connectivity index (χ1) is 15.2. The molecular formula is C27H51NO3S. The van der Waals surface area contributed by atoms with Crippen molar-refractivity contribution in [2.75, 3.05) is 27.2 Å². The summed E-state index contributed by atoms with van der Waals surface area (Å²) in [7, 11) is 0.572. The zero-order valence-electron chi connectivity index (χ0n) is 21.5. The fourth-order valence-corrected chi connectivity index (χ4v) is 4.27. The van der Waals surface area contributed by atoms with Gasteiger partial charge in [0, 0.05) is 0 Å². The Morgan fingerprint density at radius 2 is 1.09 bits per heavy atom. The quantitative estimate of drug-likeness (QED) is 0.129. The summed E-state index contributed by atoms with van der Waals surface area (Å²) < 4.78 is 31.9. The fraction of sp³-hybridized carbons (Fsp3) is 0.778. The predicted molar refractivity (Wildman–Crippen MR) is 138 cm³/mol. The summed E-state index contributed by atoms with van der Waals surface area (Å²) in [6.45, 7) is 7.21. The molecule has 1 rings (SSSR count). The van der Waals surface area contributed by atoms with Gasteiger partial charge in [-0.1, -0.05) is 114 Å². The highest BCUT2D eigenvalue weighted by Gasteiger charge is 2.09. The third kappa shape index (κ3) is 22.3. The van der Waals surface area contributed by atoms with Gasteiger partial charge in [-0.25, -0.2) is 8.42 Å². The van der Waals surface area contributed by atoms with Crippen molar-refractivity contribution in [2.24, 2.45) is 0 Å². The Balaban J connectivity index is 0.000000726. The summed E-state index contributed by atoms with van der Waals surface area (Å²) in [5.74, 6) is -0.423. The Bertz CT molecular complexity index is 630. The van der Waals surface area contributed by atoms with E-state index in [0.717, 1.165) is 0 Å². The SMILES string of the molecule is CCCCCCCCCCCCCCCC[N+](C)(C)CC.O=S(=O)([O-])Cc1ccccc1. The molecule has 32 heavy (non-hydrogen) atoms. The van der Waals surface area contributed by atoms with E-state index in [4.69, 9.17) is 0 Å². The highest BCUT2D eigenvalue weighted by Crippen LogP contribution is 2.13. The second-order valence-electron chi connectivity index (χ2n) is 9.76. The van der Waals surface area contributed by atoms with Gasteiger partial charge in [-0.3, -0.25) is 0 Å². The number of quaternary nitrogens is 1. The largest absolute Gasteiger partial charge is 0.748 e. The van der Waals surface area contributed by atoms with E-state index in [-0.39, 0.29) is 0 Å². The monoisotopic (exact) mass is 469 g/mol. The maximum Gasteiger partial charge on any atom is 0.0988 e. The lowest BCUT2D eigenvalue weighted by molar-refractivity contribution is -0.888. The maximum atomic E-state index is 10.2. The van der Waals surface area contributed by atoms with Crippen LogP contribution in [-0.2, 0) is 15.9 Å². The molecule has 0 bridgehead atoms. The average molecular weight is 470 g/mol. The number of benzene rings is 1. The Kier molecular flexibility index (Phi) is 19.0. The van der Waals surface area contributed by atoms with E-state index in [2.05, 4.69) is 27.9 Å². The zero-order chi connectivity index (χ0) is 24.1. The van der Waals surface area contributed by atoms with Crippen LogP contribution in [0.3, 0.4) is 0 Å². The molecule has 0 unspecified atom stereocenters. The molecule has 0 heterocycles. The van der Waals surface area contributed by atoms with Crippen LogP contribution in [0, 0.1) is 0 Å². The van der Waals surface area contributed by atoms with E-state index in [1.807, 2.05) is 0 Å². The molecule has 1 aromatic carbocycles. The molecule has 0 amide bonds. The van der Waals surface area contributed by atoms with Crippen LogP contribution in [-0.4, -0.2) is 44.6 Å². The van der Waals surface area contributed by atoms with Gasteiger partial charge in [-0.05, 0) is 25.3 Å². The molecule has 0 saturated carbocycles. The molecule has 0 aliphatic carbocycles. The maximum absolute atomic E-state index is 10.2. The lowest BCUT2D eigenvalue weighted by Gasteiger charge is -2.28. The summed E-state index contributed by atoms with van der Waals surface area (Å²) in [5.41, 5.74) is 0.530. The Morgan fingerprint density at radius 3 is 1.47 bits per heavy atom. The van der Waals surface area contributed by atoms with E-state index >= 15 is 0 Å². The van der Waals surface area contributed by atoms with Crippen LogP contribution in [0.25, 0.3) is 0 Å². The van der Waals surface area contributed by atoms with Crippen molar-refractivity contribution < 1.29 is 17.5 Å². The second-order valence-corrected chi connectivity index (χ2v) is 11.2. The van der Waals surface area contributed by atoms with Crippen LogP contribution in [0.2, 0.25) is 0 Å². The average Bonchev–Trinajstić information content (AvgIpc) is 2.74. The minimum Gasteiger partial charge on any atom is -0.748 e. The highest BCUT2D eigenvalue weighted by molar-refractivity contribution is 7.84. The van der Waals surface area contributed by atoms with Gasteiger partial charge in [-0.2, -0.15) is 0 Å². The predicted octanol–water partition coefficient (Wildman–Crippen LogP) is 7.30. The standard InChI is InChI=1S/C20H44N.C7H8O3S/c1-5-7-8-9-10-11-12-13-14-15-16-17-18-19-20-21(3,4)6-2;8-11(9,10)6-7-4-2-1-3-5-7/h5-20H2,1-4H3;1-5H,6H2,(H,8,9,10)/q+1;/p-1. The van der Waals surface area contributed by atoms with Crippen LogP contribution in [0.4, 0.5) is 0 Å². The molecule has 188 valence electrons. The molecule has 0 aliphatic heterocycles. The molecule has 0 saturated heterocycles. The van der Waals surface area contributed by atoms with E-state index < -0.39 is 15.9 Å². The smallest absolute Gasteiger partial charge is 0.0988 e. The number of rotatable bonds is 18. The van der Waals surface area contributed by atoms with Gasteiger partial charge in [0.25, 0.3) is 0 Å². The highest BCUT2D eigenvalue weighted by atomic mass is 32.2. The molecule has 0 N–H and O–H groups in total. The molecule has 0 aliphatic rings. The van der Waals surface area contributed by atoms with Gasteiger partial charge in [-0.15, -0.1) is 0 Å². The third-order valence-corrected chi connectivity index (χ3v) is 6.85. The minimum absolute atomic E-state index is 0.423. The Morgan fingerprint density at radius 1 is 0.688 bits per heavy atom. The van der Waals surface area contributed by atoms with Crippen molar-refractivity contribution in [3.63, 3.8) is 0 Å². The lowest BCUT2D eigenvalue weighted by atomic mass is 10.0. The first-order valence-electron chi connectivity index (χ1n) is 13.0. The number of unbranched alkanes of at least 4 members (excludes halogenated alkanes) is 13. The zero-order valence-corrected chi connectivity index (χ0v) is 22.3. The van der Waals surface area contributed by atoms with Crippen molar-refractivity contribution in [2.45, 2.75) is 109 Å². The molecule has 5 heteroatoms. The summed E-state index contributed by atoms with van der Waals surface area (Å²) in [6, 6.07) is 8.37. The molecular weight excluding hydrogens is 418 g/mol. The van der Waals surface area contributed by atoms with Gasteiger partial charge in [0.2, 0.25) is 0 Å². The van der Waals surface area contributed by atoms with Gasteiger partial charge in [0.15, 0.2) is 0 Å². The second kappa shape index (κ2) is 19.5. The fourth-order valence-electron chi connectivity index (χ4n) is 3.67. The molecule has 0 atom stereocenters. The van der Waals surface area contributed by atoms with Crippen LogP contribution in [0.5, 0.6) is 0 Å². The summed E-state index contributed by atoms with van der Waals surface area (Å²) in [6.07, 6.45) is 20.4. The third-order valence-electron chi connectivity index (χ3n) is 6.16. The lowest BCUT2D eigenvalue weighted by Crippen LogP contribution is -2.39. The topological polar surface area (TPSA) is 57.2 Å². The first-order valence-corrected chi connectivity index (χ1v) is 14.6. The number of hydrogen-bond donors (Lipinski definition) is 0. The molecule has 0 spiro atoms. The van der Waals surface area contributed by atoms with Crippen molar-refractivity contribution in [3.8, 4) is 0 Å². The molecule has 0 aromatic heterocycles. The molecule has 1 aromatic rings. The molecule has 0 fully saturated rings. The molecule has 4 nitrogen and oxygen atoms in total. The minimum atomic E-state index is -4.13. The van der Waals surface area contributed by atoms with E-state index in [1.165, 1.54) is 107 Å². The van der Waals surface area contributed by atoms with E-state index in [1.54, 1.807) is 30.3 Å². The van der Waals surface area contributed by atoms with E-state index in [0.29, 0.717) is 5.56 Å². The van der Waals surface area contributed by atoms with Crippen LogP contribution >= 0.6 is 0 Å².